The Kier molecular flexibility index (Phi) is 2.87. The average molecular weight is 196 g/mol. The Balaban J connectivity index is 3.41. The van der Waals surface area contributed by atoms with Crippen molar-refractivity contribution in [3.05, 3.63) is 28.6 Å². The highest BCUT2D eigenvalue weighted by Gasteiger charge is 2.16. The van der Waals surface area contributed by atoms with Crippen LogP contribution in [0.4, 0.5) is 8.78 Å². The van der Waals surface area contributed by atoms with Crippen molar-refractivity contribution in [1.29, 1.82) is 5.26 Å². The number of aldehydes is 1. The lowest BCUT2D eigenvalue weighted by Gasteiger charge is -2.04. The van der Waals surface area contributed by atoms with Crippen molar-refractivity contribution in [2.75, 3.05) is 0 Å². The molecule has 0 fully saturated rings. The fraction of sp³-hybridized carbons (Fsp3) is 0.222. The zero-order chi connectivity index (χ0) is 10.7. The van der Waals surface area contributed by atoms with E-state index in [1.54, 1.807) is 6.07 Å². The van der Waals surface area contributed by atoms with E-state index in [9.17, 15) is 13.6 Å². The minimum atomic E-state index is -2.84. The summed E-state index contributed by atoms with van der Waals surface area (Å²) >= 11 is 0. The summed E-state index contributed by atoms with van der Waals surface area (Å²) in [7, 11) is 0. The molecule has 0 saturated heterocycles. The summed E-state index contributed by atoms with van der Waals surface area (Å²) in [4.78, 5) is 13.8. The minimum absolute atomic E-state index is 0.0562. The second-order valence-electron chi connectivity index (χ2n) is 2.65. The van der Waals surface area contributed by atoms with Crippen molar-refractivity contribution in [2.45, 2.75) is 13.3 Å². The van der Waals surface area contributed by atoms with Gasteiger partial charge in [-0.1, -0.05) is 0 Å². The summed E-state index contributed by atoms with van der Waals surface area (Å²) in [5.41, 5.74) is -0.469. The van der Waals surface area contributed by atoms with Gasteiger partial charge in [0, 0.05) is 0 Å². The van der Waals surface area contributed by atoms with E-state index in [1.165, 1.54) is 13.0 Å². The van der Waals surface area contributed by atoms with Crippen LogP contribution in [0.5, 0.6) is 0 Å². The van der Waals surface area contributed by atoms with E-state index >= 15 is 0 Å². The lowest BCUT2D eigenvalue weighted by Crippen LogP contribution is -2.01. The van der Waals surface area contributed by atoms with Crippen LogP contribution < -0.4 is 0 Å². The number of aromatic nitrogens is 1. The van der Waals surface area contributed by atoms with Crippen molar-refractivity contribution in [3.8, 4) is 6.07 Å². The maximum Gasteiger partial charge on any atom is 0.281 e. The molecule has 0 amide bonds. The number of hydrogen-bond donors (Lipinski definition) is 0. The van der Waals surface area contributed by atoms with Gasteiger partial charge in [-0.15, -0.1) is 0 Å². The number of nitrogens with zero attached hydrogens (tertiary/aromatic N) is 2. The van der Waals surface area contributed by atoms with Crippen LogP contribution in [-0.4, -0.2) is 11.3 Å². The van der Waals surface area contributed by atoms with E-state index in [-0.39, 0.29) is 11.3 Å². The van der Waals surface area contributed by atoms with E-state index < -0.39 is 12.1 Å². The van der Waals surface area contributed by atoms with Gasteiger partial charge in [0.1, 0.15) is 17.5 Å². The first-order valence-electron chi connectivity index (χ1n) is 3.75. The van der Waals surface area contributed by atoms with E-state index in [0.717, 1.165) is 0 Å². The minimum Gasteiger partial charge on any atom is -0.296 e. The largest absolute Gasteiger partial charge is 0.296 e. The summed E-state index contributed by atoms with van der Waals surface area (Å²) in [5, 5.41) is 8.54. The molecule has 0 aromatic carbocycles. The Morgan fingerprint density at radius 2 is 2.29 bits per heavy atom. The summed E-state index contributed by atoms with van der Waals surface area (Å²) in [6.45, 7) is 1.53. The number of pyridine rings is 1. The Morgan fingerprint density at radius 1 is 1.64 bits per heavy atom. The summed E-state index contributed by atoms with van der Waals surface area (Å²) in [5.74, 6) is 0. The van der Waals surface area contributed by atoms with Crippen LogP contribution in [0.1, 0.15) is 33.7 Å². The number of rotatable bonds is 2. The van der Waals surface area contributed by atoms with Crippen LogP contribution in [0.25, 0.3) is 0 Å². The number of hydrogen-bond acceptors (Lipinski definition) is 3. The molecule has 0 bridgehead atoms. The normalized spacial score (nSPS) is 9.93. The van der Waals surface area contributed by atoms with Gasteiger partial charge >= 0.3 is 0 Å². The standard InChI is InChI=1S/C9H6F2N2O/c1-5-2-6(3-12)8(9(10)11)13-7(5)4-14/h2,4,9H,1H3. The highest BCUT2D eigenvalue weighted by atomic mass is 19.3. The van der Waals surface area contributed by atoms with Gasteiger partial charge in [0.15, 0.2) is 6.29 Å². The zero-order valence-corrected chi connectivity index (χ0v) is 7.29. The van der Waals surface area contributed by atoms with Crippen LogP contribution in [0, 0.1) is 18.3 Å². The first-order valence-corrected chi connectivity index (χ1v) is 3.75. The Bertz CT molecular complexity index is 410. The molecule has 72 valence electrons. The van der Waals surface area contributed by atoms with Gasteiger partial charge in [0.05, 0.1) is 5.56 Å². The molecule has 0 unspecified atom stereocenters. The molecule has 0 aliphatic heterocycles. The Hall–Kier alpha value is -1.83. The average Bonchev–Trinajstić information content (AvgIpc) is 2.16. The van der Waals surface area contributed by atoms with Crippen LogP contribution in [0.3, 0.4) is 0 Å². The molecule has 0 saturated carbocycles. The van der Waals surface area contributed by atoms with Gasteiger partial charge in [0.25, 0.3) is 6.43 Å². The molecule has 0 spiro atoms. The summed E-state index contributed by atoms with van der Waals surface area (Å²) in [6.07, 6.45) is -2.45. The molecule has 1 aromatic rings. The highest BCUT2D eigenvalue weighted by molar-refractivity contribution is 5.74. The third kappa shape index (κ3) is 1.74. The predicted molar refractivity (Wildman–Crippen MR) is 44.0 cm³/mol. The van der Waals surface area contributed by atoms with Crippen molar-refractivity contribution >= 4 is 6.29 Å². The van der Waals surface area contributed by atoms with Gasteiger partial charge < -0.3 is 0 Å². The topological polar surface area (TPSA) is 53.8 Å². The van der Waals surface area contributed by atoms with Gasteiger partial charge in [-0.3, -0.25) is 4.79 Å². The second-order valence-corrected chi connectivity index (χ2v) is 2.65. The maximum atomic E-state index is 12.3. The lowest BCUT2D eigenvalue weighted by molar-refractivity contribution is 0.111. The number of alkyl halides is 2. The molecule has 1 rings (SSSR count). The van der Waals surface area contributed by atoms with Crippen molar-refractivity contribution in [1.82, 2.24) is 4.98 Å². The van der Waals surface area contributed by atoms with Crippen LogP contribution in [0.2, 0.25) is 0 Å². The molecule has 0 aliphatic carbocycles. The molecule has 0 N–H and O–H groups in total. The third-order valence-corrected chi connectivity index (χ3v) is 1.72. The molecule has 0 atom stereocenters. The number of aryl methyl sites for hydroxylation is 1. The number of nitriles is 1. The molecule has 14 heavy (non-hydrogen) atoms. The Morgan fingerprint density at radius 3 is 2.71 bits per heavy atom. The van der Waals surface area contributed by atoms with Crippen molar-refractivity contribution in [2.24, 2.45) is 0 Å². The third-order valence-electron chi connectivity index (χ3n) is 1.72. The van der Waals surface area contributed by atoms with Gasteiger partial charge in [0.2, 0.25) is 0 Å². The fourth-order valence-corrected chi connectivity index (χ4v) is 1.02. The summed E-state index contributed by atoms with van der Waals surface area (Å²) < 4.78 is 24.7. The quantitative estimate of drug-likeness (QED) is 0.680. The number of halogens is 2. The predicted octanol–water partition coefficient (Wildman–Crippen LogP) is 2.01. The second kappa shape index (κ2) is 3.92. The molecule has 0 aliphatic rings. The van der Waals surface area contributed by atoms with Crippen LogP contribution in [0.15, 0.2) is 6.07 Å². The molecular weight excluding hydrogens is 190 g/mol. The van der Waals surface area contributed by atoms with Gasteiger partial charge in [-0.2, -0.15) is 5.26 Å². The van der Waals surface area contributed by atoms with Crippen LogP contribution >= 0.6 is 0 Å². The van der Waals surface area contributed by atoms with E-state index in [4.69, 9.17) is 5.26 Å². The smallest absolute Gasteiger partial charge is 0.281 e. The molecule has 1 heterocycles. The van der Waals surface area contributed by atoms with Crippen molar-refractivity contribution in [3.63, 3.8) is 0 Å². The monoisotopic (exact) mass is 196 g/mol. The van der Waals surface area contributed by atoms with E-state index in [1.807, 2.05) is 0 Å². The SMILES string of the molecule is Cc1cc(C#N)c(C(F)F)nc1C=O. The summed E-state index contributed by atoms with van der Waals surface area (Å²) in [6, 6.07) is 2.84. The highest BCUT2D eigenvalue weighted by Crippen LogP contribution is 2.21. The van der Waals surface area contributed by atoms with Gasteiger partial charge in [-0.05, 0) is 18.6 Å². The first-order chi connectivity index (χ1) is 6.60. The first kappa shape index (κ1) is 10.3. The van der Waals surface area contributed by atoms with Gasteiger partial charge in [-0.25, -0.2) is 13.8 Å². The molecule has 0 radical (unpaired) electrons. The number of carbonyl (C=O) groups is 1. The fourth-order valence-electron chi connectivity index (χ4n) is 1.02. The van der Waals surface area contributed by atoms with E-state index in [0.29, 0.717) is 11.8 Å². The lowest BCUT2D eigenvalue weighted by atomic mass is 10.1. The molecule has 5 heteroatoms. The number of carbonyl (C=O) groups excluding carboxylic acids is 1. The zero-order valence-electron chi connectivity index (χ0n) is 7.29. The molecule has 3 nitrogen and oxygen atoms in total. The van der Waals surface area contributed by atoms with E-state index in [2.05, 4.69) is 4.98 Å². The molecule has 1 aromatic heterocycles. The van der Waals surface area contributed by atoms with Crippen LogP contribution in [-0.2, 0) is 0 Å². The van der Waals surface area contributed by atoms with Crippen molar-refractivity contribution < 1.29 is 13.6 Å². The molecular formula is C9H6F2N2O. The maximum absolute atomic E-state index is 12.3. The Labute approximate surface area is 79.0 Å².